The molecule has 0 bridgehead atoms. The molecule has 0 saturated heterocycles. The summed E-state index contributed by atoms with van der Waals surface area (Å²) >= 11 is 0. The Bertz CT molecular complexity index is 636. The first kappa shape index (κ1) is 13.2. The van der Waals surface area contributed by atoms with E-state index in [4.69, 9.17) is 0 Å². The standard InChI is InChI=1S/C14H16F2N4/c1-8(2)12-14-19-18-13(20(14)7-6-17-12)9-4-3-5-10(15)11(9)16/h3-5,8,12,17H,6-7H2,1-2H3. The van der Waals surface area contributed by atoms with E-state index in [9.17, 15) is 8.78 Å². The third kappa shape index (κ3) is 2.00. The van der Waals surface area contributed by atoms with E-state index in [1.807, 2.05) is 4.57 Å². The van der Waals surface area contributed by atoms with Gasteiger partial charge in [0, 0.05) is 13.1 Å². The van der Waals surface area contributed by atoms with Crippen LogP contribution in [0.4, 0.5) is 8.78 Å². The molecule has 1 aromatic heterocycles. The molecule has 0 amide bonds. The van der Waals surface area contributed by atoms with Gasteiger partial charge in [-0.2, -0.15) is 0 Å². The van der Waals surface area contributed by atoms with Gasteiger partial charge in [0.25, 0.3) is 0 Å². The fraction of sp³-hybridized carbons (Fsp3) is 0.429. The smallest absolute Gasteiger partial charge is 0.169 e. The largest absolute Gasteiger partial charge is 0.308 e. The summed E-state index contributed by atoms with van der Waals surface area (Å²) in [5, 5.41) is 11.6. The number of aromatic nitrogens is 3. The third-order valence-corrected chi connectivity index (χ3v) is 3.62. The van der Waals surface area contributed by atoms with Crippen LogP contribution in [0.1, 0.15) is 25.7 Å². The molecular weight excluding hydrogens is 262 g/mol. The van der Waals surface area contributed by atoms with E-state index < -0.39 is 11.6 Å². The lowest BCUT2D eigenvalue weighted by Crippen LogP contribution is -2.36. The van der Waals surface area contributed by atoms with Crippen molar-refractivity contribution in [3.63, 3.8) is 0 Å². The molecule has 106 valence electrons. The maximum Gasteiger partial charge on any atom is 0.169 e. The molecule has 2 heterocycles. The van der Waals surface area contributed by atoms with Crippen LogP contribution in [0.25, 0.3) is 11.4 Å². The van der Waals surface area contributed by atoms with Crippen molar-refractivity contribution in [3.8, 4) is 11.4 Å². The van der Waals surface area contributed by atoms with Crippen molar-refractivity contribution in [3.05, 3.63) is 35.7 Å². The zero-order valence-corrected chi connectivity index (χ0v) is 11.4. The van der Waals surface area contributed by atoms with Crippen LogP contribution in [0.2, 0.25) is 0 Å². The molecule has 2 aromatic rings. The molecule has 1 aliphatic rings. The molecule has 1 unspecified atom stereocenters. The quantitative estimate of drug-likeness (QED) is 0.918. The van der Waals surface area contributed by atoms with Crippen molar-refractivity contribution in [1.29, 1.82) is 0 Å². The van der Waals surface area contributed by atoms with E-state index >= 15 is 0 Å². The Morgan fingerprint density at radius 2 is 2.10 bits per heavy atom. The fourth-order valence-electron chi connectivity index (χ4n) is 2.60. The minimum Gasteiger partial charge on any atom is -0.308 e. The first-order valence-electron chi connectivity index (χ1n) is 6.70. The molecule has 0 spiro atoms. The number of fused-ring (bicyclic) bond motifs is 1. The molecule has 4 nitrogen and oxygen atoms in total. The van der Waals surface area contributed by atoms with Crippen LogP contribution in [0.15, 0.2) is 18.2 Å². The Balaban J connectivity index is 2.11. The fourth-order valence-corrected chi connectivity index (χ4v) is 2.60. The van der Waals surface area contributed by atoms with Crippen LogP contribution in [0.5, 0.6) is 0 Å². The third-order valence-electron chi connectivity index (χ3n) is 3.62. The molecule has 1 N–H and O–H groups in total. The van der Waals surface area contributed by atoms with Gasteiger partial charge in [-0.15, -0.1) is 10.2 Å². The summed E-state index contributed by atoms with van der Waals surface area (Å²) in [4.78, 5) is 0. The summed E-state index contributed by atoms with van der Waals surface area (Å²) in [7, 11) is 0. The summed E-state index contributed by atoms with van der Waals surface area (Å²) < 4.78 is 29.2. The predicted octanol–water partition coefficient (Wildman–Crippen LogP) is 2.52. The Morgan fingerprint density at radius 3 is 2.85 bits per heavy atom. The molecule has 0 fully saturated rings. The van der Waals surface area contributed by atoms with Gasteiger partial charge in [0.1, 0.15) is 0 Å². The Labute approximate surface area is 115 Å². The van der Waals surface area contributed by atoms with E-state index in [-0.39, 0.29) is 11.6 Å². The molecule has 6 heteroatoms. The SMILES string of the molecule is CC(C)C1NCCn2c(-c3cccc(F)c3F)nnc21. The van der Waals surface area contributed by atoms with Gasteiger partial charge in [-0.1, -0.05) is 19.9 Å². The van der Waals surface area contributed by atoms with Crippen molar-refractivity contribution in [2.75, 3.05) is 6.54 Å². The molecule has 0 saturated carbocycles. The van der Waals surface area contributed by atoms with Crippen molar-refractivity contribution < 1.29 is 8.78 Å². The minimum absolute atomic E-state index is 0.0848. The maximum absolute atomic E-state index is 13.9. The first-order chi connectivity index (χ1) is 9.59. The highest BCUT2D eigenvalue weighted by Crippen LogP contribution is 2.29. The topological polar surface area (TPSA) is 42.7 Å². The molecular formula is C14H16F2N4. The van der Waals surface area contributed by atoms with Crippen LogP contribution >= 0.6 is 0 Å². The zero-order valence-electron chi connectivity index (χ0n) is 11.4. The predicted molar refractivity (Wildman–Crippen MR) is 71.0 cm³/mol. The summed E-state index contributed by atoms with van der Waals surface area (Å²) in [5.41, 5.74) is 0.160. The second kappa shape index (κ2) is 4.94. The molecule has 0 aliphatic carbocycles. The number of rotatable bonds is 2. The van der Waals surface area contributed by atoms with Gasteiger partial charge in [0.05, 0.1) is 11.6 Å². The molecule has 1 aromatic carbocycles. The van der Waals surface area contributed by atoms with Gasteiger partial charge in [-0.3, -0.25) is 0 Å². The van der Waals surface area contributed by atoms with Gasteiger partial charge in [-0.05, 0) is 18.1 Å². The highest BCUT2D eigenvalue weighted by atomic mass is 19.2. The van der Waals surface area contributed by atoms with Crippen molar-refractivity contribution in [2.24, 2.45) is 5.92 Å². The number of halogens is 2. The van der Waals surface area contributed by atoms with Crippen LogP contribution in [0.3, 0.4) is 0 Å². The number of nitrogens with one attached hydrogen (secondary N) is 1. The average Bonchev–Trinajstić information content (AvgIpc) is 2.85. The van der Waals surface area contributed by atoms with Gasteiger partial charge in [0.15, 0.2) is 23.3 Å². The average molecular weight is 278 g/mol. The van der Waals surface area contributed by atoms with Crippen molar-refractivity contribution >= 4 is 0 Å². The molecule has 3 rings (SSSR count). The van der Waals surface area contributed by atoms with Gasteiger partial charge in [-0.25, -0.2) is 8.78 Å². The highest BCUT2D eigenvalue weighted by Gasteiger charge is 2.28. The second-order valence-electron chi connectivity index (χ2n) is 5.31. The van der Waals surface area contributed by atoms with E-state index in [2.05, 4.69) is 29.4 Å². The summed E-state index contributed by atoms with van der Waals surface area (Å²) in [6, 6.07) is 4.20. The second-order valence-corrected chi connectivity index (χ2v) is 5.31. The molecule has 20 heavy (non-hydrogen) atoms. The lowest BCUT2D eigenvalue weighted by molar-refractivity contribution is 0.339. The van der Waals surface area contributed by atoms with Crippen LogP contribution in [-0.2, 0) is 6.54 Å². The van der Waals surface area contributed by atoms with Crippen LogP contribution < -0.4 is 5.32 Å². The summed E-state index contributed by atoms with van der Waals surface area (Å²) in [5.74, 6) is -0.214. The highest BCUT2D eigenvalue weighted by molar-refractivity contribution is 5.56. The van der Waals surface area contributed by atoms with E-state index in [1.165, 1.54) is 12.1 Å². The Hall–Kier alpha value is -1.82. The molecule has 1 atom stereocenters. The van der Waals surface area contributed by atoms with Gasteiger partial charge in [0.2, 0.25) is 0 Å². The number of hydrogen-bond donors (Lipinski definition) is 1. The lowest BCUT2D eigenvalue weighted by atomic mass is 10.0. The molecule has 1 aliphatic heterocycles. The maximum atomic E-state index is 13.9. The Morgan fingerprint density at radius 1 is 1.30 bits per heavy atom. The monoisotopic (exact) mass is 278 g/mol. The van der Waals surface area contributed by atoms with Crippen molar-refractivity contribution in [1.82, 2.24) is 20.1 Å². The normalized spacial score (nSPS) is 18.4. The van der Waals surface area contributed by atoms with E-state index in [0.29, 0.717) is 18.3 Å². The number of nitrogens with zero attached hydrogens (tertiary/aromatic N) is 3. The molecule has 0 radical (unpaired) electrons. The Kier molecular flexibility index (Phi) is 3.25. The summed E-state index contributed by atoms with van der Waals surface area (Å²) in [6.07, 6.45) is 0. The lowest BCUT2D eigenvalue weighted by Gasteiger charge is -2.27. The number of hydrogen-bond acceptors (Lipinski definition) is 3. The first-order valence-corrected chi connectivity index (χ1v) is 6.70. The number of benzene rings is 1. The van der Waals surface area contributed by atoms with E-state index in [1.54, 1.807) is 0 Å². The van der Waals surface area contributed by atoms with Crippen molar-refractivity contribution in [2.45, 2.75) is 26.4 Å². The van der Waals surface area contributed by atoms with Crippen LogP contribution in [0, 0.1) is 17.6 Å². The van der Waals surface area contributed by atoms with Crippen LogP contribution in [-0.4, -0.2) is 21.3 Å². The van der Waals surface area contributed by atoms with E-state index in [0.717, 1.165) is 18.4 Å². The minimum atomic E-state index is -0.873. The van der Waals surface area contributed by atoms with Gasteiger partial charge < -0.3 is 9.88 Å². The van der Waals surface area contributed by atoms with Gasteiger partial charge >= 0.3 is 0 Å². The zero-order chi connectivity index (χ0) is 14.3. The summed E-state index contributed by atoms with van der Waals surface area (Å²) in [6.45, 7) is 5.59.